The quantitative estimate of drug-likeness (QED) is 0.772. The van der Waals surface area contributed by atoms with E-state index in [0.29, 0.717) is 0 Å². The van der Waals surface area contributed by atoms with Crippen LogP contribution in [0.2, 0.25) is 0 Å². The van der Waals surface area contributed by atoms with Crippen molar-refractivity contribution in [2.24, 2.45) is 0 Å². The van der Waals surface area contributed by atoms with E-state index in [1.165, 1.54) is 16.7 Å². The second-order valence-corrected chi connectivity index (χ2v) is 5.15. The molecule has 0 unspecified atom stereocenters. The highest BCUT2D eigenvalue weighted by Crippen LogP contribution is 2.36. The van der Waals surface area contributed by atoms with E-state index < -0.39 is 0 Å². The first-order chi connectivity index (χ1) is 10.4. The molecule has 1 heteroatoms. The predicted molar refractivity (Wildman–Crippen MR) is 86.8 cm³/mol. The Labute approximate surface area is 126 Å². The molecule has 0 spiro atoms. The zero-order chi connectivity index (χ0) is 14.5. The summed E-state index contributed by atoms with van der Waals surface area (Å²) in [6.07, 6.45) is 7.46. The molecule has 0 aliphatic heterocycles. The minimum Gasteiger partial charge on any atom is -0.497 e. The zero-order valence-electron chi connectivity index (χ0n) is 12.2. The molecule has 0 fully saturated rings. The van der Waals surface area contributed by atoms with Gasteiger partial charge in [0.1, 0.15) is 5.76 Å². The largest absolute Gasteiger partial charge is 0.497 e. The van der Waals surface area contributed by atoms with Crippen molar-refractivity contribution in [3.63, 3.8) is 0 Å². The van der Waals surface area contributed by atoms with Crippen molar-refractivity contribution in [2.45, 2.75) is 12.3 Å². The summed E-state index contributed by atoms with van der Waals surface area (Å²) >= 11 is 0. The van der Waals surface area contributed by atoms with Gasteiger partial charge in [-0.15, -0.1) is 0 Å². The second-order valence-electron chi connectivity index (χ2n) is 5.15. The van der Waals surface area contributed by atoms with E-state index >= 15 is 0 Å². The average molecular weight is 275 g/mol. The fourth-order valence-corrected chi connectivity index (χ4v) is 2.81. The Hall–Kier alpha value is -2.28. The molecule has 1 aliphatic rings. The zero-order valence-corrected chi connectivity index (χ0v) is 12.2. The van der Waals surface area contributed by atoms with Gasteiger partial charge >= 0.3 is 0 Å². The van der Waals surface area contributed by atoms with Gasteiger partial charge in [0, 0.05) is 5.92 Å². The fraction of sp³-hybridized carbons (Fsp3) is 0.150. The van der Waals surface area contributed by atoms with E-state index in [-0.39, 0.29) is 5.92 Å². The van der Waals surface area contributed by atoms with Crippen LogP contribution in [-0.2, 0) is 4.74 Å². The summed E-state index contributed by atoms with van der Waals surface area (Å²) in [6, 6.07) is 21.3. The number of hydrogen-bond acceptors (Lipinski definition) is 1. The highest BCUT2D eigenvalue weighted by atomic mass is 16.5. The van der Waals surface area contributed by atoms with Crippen molar-refractivity contribution >= 4 is 0 Å². The van der Waals surface area contributed by atoms with E-state index in [2.05, 4.69) is 79.2 Å². The molecule has 0 heterocycles. The first kappa shape index (κ1) is 13.7. The summed E-state index contributed by atoms with van der Waals surface area (Å²) in [5.41, 5.74) is 3.92. The normalized spacial score (nSPS) is 14.6. The summed E-state index contributed by atoms with van der Waals surface area (Å²) in [5, 5.41) is 0. The topological polar surface area (TPSA) is 9.23 Å². The Bertz CT molecular complexity index is 599. The van der Waals surface area contributed by atoms with Crippen LogP contribution in [0.3, 0.4) is 0 Å². The second kappa shape index (κ2) is 6.45. The molecule has 21 heavy (non-hydrogen) atoms. The lowest BCUT2D eigenvalue weighted by Gasteiger charge is -2.24. The van der Waals surface area contributed by atoms with Gasteiger partial charge in [-0.05, 0) is 36.1 Å². The van der Waals surface area contributed by atoms with Crippen molar-refractivity contribution in [1.82, 2.24) is 0 Å². The third kappa shape index (κ3) is 3.08. The van der Waals surface area contributed by atoms with Crippen LogP contribution >= 0.6 is 0 Å². The molecule has 1 radical (unpaired) electrons. The van der Waals surface area contributed by atoms with Crippen LogP contribution < -0.4 is 0 Å². The van der Waals surface area contributed by atoms with Gasteiger partial charge in [-0.3, -0.25) is 0 Å². The Morgan fingerprint density at radius 3 is 1.95 bits per heavy atom. The summed E-state index contributed by atoms with van der Waals surface area (Å²) in [7, 11) is 1.73. The van der Waals surface area contributed by atoms with Gasteiger partial charge in [0.25, 0.3) is 0 Å². The van der Waals surface area contributed by atoms with E-state index in [1.54, 1.807) is 7.11 Å². The molecule has 0 amide bonds. The molecule has 0 atom stereocenters. The number of methoxy groups -OCH3 is 1. The van der Waals surface area contributed by atoms with Crippen molar-refractivity contribution in [3.8, 4) is 0 Å². The van der Waals surface area contributed by atoms with Crippen LogP contribution in [0.1, 0.15) is 23.5 Å². The molecule has 0 bridgehead atoms. The molecule has 3 rings (SSSR count). The number of benzene rings is 2. The Morgan fingerprint density at radius 1 is 0.857 bits per heavy atom. The molecular formula is C20H19O. The van der Waals surface area contributed by atoms with E-state index in [9.17, 15) is 0 Å². The smallest absolute Gasteiger partial charge is 0.114 e. The van der Waals surface area contributed by atoms with Gasteiger partial charge in [-0.1, -0.05) is 66.2 Å². The number of hydrogen-bond donors (Lipinski definition) is 0. The van der Waals surface area contributed by atoms with E-state index in [0.717, 1.165) is 12.2 Å². The summed E-state index contributed by atoms with van der Waals surface area (Å²) in [4.78, 5) is 0. The Balaban J connectivity index is 2.05. The Kier molecular flexibility index (Phi) is 4.20. The molecule has 0 saturated carbocycles. The highest BCUT2D eigenvalue weighted by Gasteiger charge is 2.20. The van der Waals surface area contributed by atoms with Crippen LogP contribution in [0.5, 0.6) is 0 Å². The Morgan fingerprint density at radius 2 is 1.43 bits per heavy atom. The van der Waals surface area contributed by atoms with Crippen molar-refractivity contribution < 1.29 is 4.74 Å². The standard InChI is InChI=1S/C20H19O/c1-21-19-14-8-13-18(15-19)20(16-9-4-2-5-10-16)17-11-6-3-7-12-17/h2-7,9-15,20H,8H2,1H3. The van der Waals surface area contributed by atoms with Crippen LogP contribution in [0.25, 0.3) is 0 Å². The van der Waals surface area contributed by atoms with E-state index in [4.69, 9.17) is 4.74 Å². The molecule has 0 aromatic heterocycles. The molecule has 0 N–H and O–H groups in total. The monoisotopic (exact) mass is 275 g/mol. The fourth-order valence-electron chi connectivity index (χ4n) is 2.81. The molecule has 1 aliphatic carbocycles. The summed E-state index contributed by atoms with van der Waals surface area (Å²) < 4.78 is 5.41. The van der Waals surface area contributed by atoms with Crippen LogP contribution in [0, 0.1) is 6.42 Å². The SMILES string of the molecule is COC1=CC[CH]C(C(c2ccccc2)c2ccccc2)=C1. The van der Waals surface area contributed by atoms with Gasteiger partial charge in [-0.2, -0.15) is 0 Å². The van der Waals surface area contributed by atoms with Crippen molar-refractivity contribution in [3.05, 3.63) is 102 Å². The van der Waals surface area contributed by atoms with E-state index in [1.807, 2.05) is 0 Å². The number of rotatable bonds is 4. The minimum atomic E-state index is 0.256. The van der Waals surface area contributed by atoms with Gasteiger partial charge < -0.3 is 4.74 Å². The lowest BCUT2D eigenvalue weighted by Crippen LogP contribution is -2.08. The van der Waals surface area contributed by atoms with Crippen LogP contribution in [-0.4, -0.2) is 7.11 Å². The van der Waals surface area contributed by atoms with Crippen molar-refractivity contribution in [1.29, 1.82) is 0 Å². The third-order valence-electron chi connectivity index (χ3n) is 3.82. The molecule has 1 nitrogen and oxygen atoms in total. The summed E-state index contributed by atoms with van der Waals surface area (Å²) in [6.45, 7) is 0. The molecular weight excluding hydrogens is 256 g/mol. The van der Waals surface area contributed by atoms with Gasteiger partial charge in [-0.25, -0.2) is 0 Å². The van der Waals surface area contributed by atoms with Gasteiger partial charge in [0.05, 0.1) is 7.11 Å². The maximum absolute atomic E-state index is 5.41. The van der Waals surface area contributed by atoms with Crippen LogP contribution in [0.15, 0.2) is 84.1 Å². The maximum atomic E-state index is 5.41. The van der Waals surface area contributed by atoms with Gasteiger partial charge in [0.2, 0.25) is 0 Å². The molecule has 105 valence electrons. The molecule has 2 aromatic carbocycles. The lowest BCUT2D eigenvalue weighted by molar-refractivity contribution is 0.303. The third-order valence-corrected chi connectivity index (χ3v) is 3.82. The number of allylic oxidation sites excluding steroid dienone is 3. The first-order valence-electron chi connectivity index (χ1n) is 7.27. The lowest BCUT2D eigenvalue weighted by atomic mass is 9.81. The molecule has 0 saturated heterocycles. The first-order valence-corrected chi connectivity index (χ1v) is 7.27. The van der Waals surface area contributed by atoms with Crippen LogP contribution in [0.4, 0.5) is 0 Å². The number of ether oxygens (including phenoxy) is 1. The highest BCUT2D eigenvalue weighted by molar-refractivity contribution is 5.47. The maximum Gasteiger partial charge on any atom is 0.114 e. The minimum absolute atomic E-state index is 0.256. The predicted octanol–water partition coefficient (Wildman–Crippen LogP) is 4.88. The average Bonchev–Trinajstić information content (AvgIpc) is 2.57. The van der Waals surface area contributed by atoms with Gasteiger partial charge in [0.15, 0.2) is 0 Å². The van der Waals surface area contributed by atoms with Crippen molar-refractivity contribution in [2.75, 3.05) is 7.11 Å². The summed E-state index contributed by atoms with van der Waals surface area (Å²) in [5.74, 6) is 1.20. The molecule has 2 aromatic rings.